The standard InChI is InChI=1S/C18H17Br2NO/c1-4-7-22-18-14(9-15(19)10-17(18)20)11-21-16-6-5-12(2)13(3)8-16/h1,5-6,8-10,21H,7,11H2,2-3H3. The van der Waals surface area contributed by atoms with E-state index in [-0.39, 0.29) is 6.61 Å². The summed E-state index contributed by atoms with van der Waals surface area (Å²) < 4.78 is 7.53. The van der Waals surface area contributed by atoms with E-state index >= 15 is 0 Å². The lowest BCUT2D eigenvalue weighted by molar-refractivity contribution is 0.364. The van der Waals surface area contributed by atoms with Gasteiger partial charge in [0.1, 0.15) is 12.4 Å². The van der Waals surface area contributed by atoms with Gasteiger partial charge < -0.3 is 10.1 Å². The number of ether oxygens (including phenoxy) is 1. The van der Waals surface area contributed by atoms with Crippen LogP contribution in [0.2, 0.25) is 0 Å². The van der Waals surface area contributed by atoms with Crippen molar-refractivity contribution in [2.75, 3.05) is 11.9 Å². The molecule has 2 aromatic carbocycles. The number of hydrogen-bond acceptors (Lipinski definition) is 2. The van der Waals surface area contributed by atoms with Crippen LogP contribution in [0.3, 0.4) is 0 Å². The molecule has 2 nitrogen and oxygen atoms in total. The number of rotatable bonds is 5. The Kier molecular flexibility index (Phi) is 5.93. The van der Waals surface area contributed by atoms with Crippen molar-refractivity contribution in [1.82, 2.24) is 0 Å². The topological polar surface area (TPSA) is 21.3 Å². The molecule has 0 spiro atoms. The van der Waals surface area contributed by atoms with E-state index in [4.69, 9.17) is 11.2 Å². The maximum Gasteiger partial charge on any atom is 0.148 e. The molecule has 2 aromatic rings. The van der Waals surface area contributed by atoms with Crippen LogP contribution in [0.15, 0.2) is 39.3 Å². The molecule has 0 atom stereocenters. The largest absolute Gasteiger partial charge is 0.479 e. The van der Waals surface area contributed by atoms with Crippen LogP contribution >= 0.6 is 31.9 Å². The van der Waals surface area contributed by atoms with Crippen molar-refractivity contribution in [1.29, 1.82) is 0 Å². The van der Waals surface area contributed by atoms with Crippen LogP contribution in [-0.4, -0.2) is 6.61 Å². The Hall–Kier alpha value is -1.44. The van der Waals surface area contributed by atoms with Crippen LogP contribution in [0.25, 0.3) is 0 Å². The smallest absolute Gasteiger partial charge is 0.148 e. The van der Waals surface area contributed by atoms with E-state index in [2.05, 4.69) is 75.1 Å². The predicted molar refractivity (Wildman–Crippen MR) is 99.4 cm³/mol. The van der Waals surface area contributed by atoms with Gasteiger partial charge in [-0.3, -0.25) is 0 Å². The molecule has 2 rings (SSSR count). The van der Waals surface area contributed by atoms with E-state index in [1.165, 1.54) is 11.1 Å². The highest BCUT2D eigenvalue weighted by Gasteiger charge is 2.10. The lowest BCUT2D eigenvalue weighted by Crippen LogP contribution is -2.05. The van der Waals surface area contributed by atoms with Gasteiger partial charge in [-0.15, -0.1) is 6.42 Å². The van der Waals surface area contributed by atoms with E-state index < -0.39 is 0 Å². The number of anilines is 1. The molecule has 0 fully saturated rings. The molecule has 0 radical (unpaired) electrons. The minimum atomic E-state index is 0.247. The highest BCUT2D eigenvalue weighted by Crippen LogP contribution is 2.33. The van der Waals surface area contributed by atoms with Crippen molar-refractivity contribution >= 4 is 37.5 Å². The fourth-order valence-electron chi connectivity index (χ4n) is 2.07. The number of benzene rings is 2. The molecule has 0 bridgehead atoms. The van der Waals surface area contributed by atoms with Crippen LogP contribution in [-0.2, 0) is 6.54 Å². The Morgan fingerprint density at radius 2 is 1.91 bits per heavy atom. The summed E-state index contributed by atoms with van der Waals surface area (Å²) in [5.74, 6) is 3.27. The van der Waals surface area contributed by atoms with E-state index in [1.807, 2.05) is 12.1 Å². The molecule has 114 valence electrons. The Morgan fingerprint density at radius 3 is 2.59 bits per heavy atom. The first-order chi connectivity index (χ1) is 10.5. The van der Waals surface area contributed by atoms with E-state index in [0.717, 1.165) is 25.9 Å². The van der Waals surface area contributed by atoms with E-state index in [0.29, 0.717) is 6.54 Å². The second kappa shape index (κ2) is 7.71. The van der Waals surface area contributed by atoms with Gasteiger partial charge in [-0.1, -0.05) is 27.9 Å². The van der Waals surface area contributed by atoms with Crippen LogP contribution in [0.5, 0.6) is 5.75 Å². The zero-order valence-electron chi connectivity index (χ0n) is 12.5. The molecule has 0 aliphatic carbocycles. The Labute approximate surface area is 148 Å². The number of aryl methyl sites for hydroxylation is 2. The average molecular weight is 423 g/mol. The molecule has 0 saturated carbocycles. The molecular formula is C18H17Br2NO. The maximum atomic E-state index is 5.66. The van der Waals surface area contributed by atoms with Crippen molar-refractivity contribution < 1.29 is 4.74 Å². The quantitative estimate of drug-likeness (QED) is 0.646. The first-order valence-corrected chi connectivity index (χ1v) is 8.45. The molecule has 0 aromatic heterocycles. The molecule has 0 saturated heterocycles. The van der Waals surface area contributed by atoms with Gasteiger partial charge in [-0.05, 0) is 65.2 Å². The summed E-state index contributed by atoms with van der Waals surface area (Å²) >= 11 is 7.03. The molecule has 4 heteroatoms. The summed E-state index contributed by atoms with van der Waals surface area (Å²) in [6.45, 7) is 5.12. The monoisotopic (exact) mass is 421 g/mol. The van der Waals surface area contributed by atoms with Crippen LogP contribution < -0.4 is 10.1 Å². The second-order valence-electron chi connectivity index (χ2n) is 5.02. The lowest BCUT2D eigenvalue weighted by Gasteiger charge is -2.14. The predicted octanol–water partition coefficient (Wildman–Crippen LogP) is 5.45. The van der Waals surface area contributed by atoms with Gasteiger partial charge in [0, 0.05) is 22.3 Å². The molecular weight excluding hydrogens is 406 g/mol. The van der Waals surface area contributed by atoms with Crippen molar-refractivity contribution in [2.24, 2.45) is 0 Å². The molecule has 0 aliphatic rings. The zero-order chi connectivity index (χ0) is 16.1. The third-order valence-corrected chi connectivity index (χ3v) is 4.42. The summed E-state index contributed by atoms with van der Waals surface area (Å²) in [5.41, 5.74) is 4.68. The van der Waals surface area contributed by atoms with Gasteiger partial charge in [-0.25, -0.2) is 0 Å². The molecule has 0 aliphatic heterocycles. The van der Waals surface area contributed by atoms with Gasteiger partial charge in [0.15, 0.2) is 0 Å². The lowest BCUT2D eigenvalue weighted by atomic mass is 10.1. The van der Waals surface area contributed by atoms with Gasteiger partial charge in [0.25, 0.3) is 0 Å². The minimum Gasteiger partial charge on any atom is -0.479 e. The van der Waals surface area contributed by atoms with Gasteiger partial charge in [0.2, 0.25) is 0 Å². The molecule has 22 heavy (non-hydrogen) atoms. The summed E-state index contributed by atoms with van der Waals surface area (Å²) in [4.78, 5) is 0. The molecule has 1 N–H and O–H groups in total. The zero-order valence-corrected chi connectivity index (χ0v) is 15.7. The van der Waals surface area contributed by atoms with Crippen molar-refractivity contribution in [3.8, 4) is 18.1 Å². The fraction of sp³-hybridized carbons (Fsp3) is 0.222. The van der Waals surface area contributed by atoms with Crippen LogP contribution in [0.4, 0.5) is 5.69 Å². The van der Waals surface area contributed by atoms with Crippen LogP contribution in [0.1, 0.15) is 16.7 Å². The summed E-state index contributed by atoms with van der Waals surface area (Å²) in [6.07, 6.45) is 5.29. The Balaban J connectivity index is 2.20. The van der Waals surface area contributed by atoms with Crippen molar-refractivity contribution in [3.05, 3.63) is 56.0 Å². The first kappa shape index (κ1) is 16.9. The van der Waals surface area contributed by atoms with Gasteiger partial charge >= 0.3 is 0 Å². The summed E-state index contributed by atoms with van der Waals surface area (Å²) in [7, 11) is 0. The third kappa shape index (κ3) is 4.28. The third-order valence-electron chi connectivity index (χ3n) is 3.38. The maximum absolute atomic E-state index is 5.66. The van der Waals surface area contributed by atoms with Gasteiger partial charge in [-0.2, -0.15) is 0 Å². The highest BCUT2D eigenvalue weighted by atomic mass is 79.9. The molecule has 0 heterocycles. The minimum absolute atomic E-state index is 0.247. The molecule has 0 unspecified atom stereocenters. The van der Waals surface area contributed by atoms with E-state index in [1.54, 1.807) is 0 Å². The average Bonchev–Trinajstić information content (AvgIpc) is 2.47. The fourth-order valence-corrected chi connectivity index (χ4v) is 3.50. The normalized spacial score (nSPS) is 10.1. The highest BCUT2D eigenvalue weighted by molar-refractivity contribution is 9.11. The first-order valence-electron chi connectivity index (χ1n) is 6.86. The second-order valence-corrected chi connectivity index (χ2v) is 6.79. The van der Waals surface area contributed by atoms with Crippen LogP contribution in [0, 0.1) is 26.2 Å². The number of terminal acetylenes is 1. The molecule has 0 amide bonds. The van der Waals surface area contributed by atoms with Gasteiger partial charge in [0.05, 0.1) is 4.47 Å². The number of hydrogen-bond donors (Lipinski definition) is 1. The van der Waals surface area contributed by atoms with Crippen molar-refractivity contribution in [2.45, 2.75) is 20.4 Å². The Morgan fingerprint density at radius 1 is 1.14 bits per heavy atom. The Bertz CT molecular complexity index is 720. The summed E-state index contributed by atoms with van der Waals surface area (Å²) in [6, 6.07) is 10.3. The van der Waals surface area contributed by atoms with Crippen molar-refractivity contribution in [3.63, 3.8) is 0 Å². The SMILES string of the molecule is C#CCOc1c(Br)cc(Br)cc1CNc1ccc(C)c(C)c1. The van der Waals surface area contributed by atoms with E-state index in [9.17, 15) is 0 Å². The number of nitrogens with one attached hydrogen (secondary N) is 1. The number of halogens is 2. The summed E-state index contributed by atoms with van der Waals surface area (Å²) in [5, 5.41) is 3.43.